The SMILES string of the molecule is CC(C)Cc1cnn(-c2ccccc2)c1C(F)(F)F. The fraction of sp³-hybridized carbons (Fsp3) is 0.357. The lowest BCUT2D eigenvalue weighted by Crippen LogP contribution is -2.16. The van der Waals surface area contributed by atoms with Crippen LogP contribution in [0.25, 0.3) is 5.69 Å². The maximum Gasteiger partial charge on any atom is 0.433 e. The molecular formula is C14H15F3N2. The summed E-state index contributed by atoms with van der Waals surface area (Å²) in [6.45, 7) is 3.78. The highest BCUT2D eigenvalue weighted by molar-refractivity contribution is 5.36. The van der Waals surface area contributed by atoms with Gasteiger partial charge in [-0.3, -0.25) is 0 Å². The smallest absolute Gasteiger partial charge is 0.228 e. The number of alkyl halides is 3. The molecule has 1 aromatic heterocycles. The summed E-state index contributed by atoms with van der Waals surface area (Å²) >= 11 is 0. The topological polar surface area (TPSA) is 17.8 Å². The van der Waals surface area contributed by atoms with E-state index in [-0.39, 0.29) is 11.5 Å². The number of hydrogen-bond acceptors (Lipinski definition) is 1. The number of para-hydroxylation sites is 1. The van der Waals surface area contributed by atoms with E-state index in [0.717, 1.165) is 4.68 Å². The molecule has 2 rings (SSSR count). The maximum atomic E-state index is 13.2. The number of halogens is 3. The van der Waals surface area contributed by atoms with Gasteiger partial charge in [-0.1, -0.05) is 32.0 Å². The number of benzene rings is 1. The average Bonchev–Trinajstić information content (AvgIpc) is 2.72. The Morgan fingerprint density at radius 3 is 2.32 bits per heavy atom. The molecule has 0 spiro atoms. The lowest BCUT2D eigenvalue weighted by atomic mass is 10.0. The molecule has 19 heavy (non-hydrogen) atoms. The van der Waals surface area contributed by atoms with E-state index in [4.69, 9.17) is 0 Å². The van der Waals surface area contributed by atoms with Gasteiger partial charge < -0.3 is 0 Å². The molecule has 0 aliphatic rings. The highest BCUT2D eigenvalue weighted by atomic mass is 19.4. The van der Waals surface area contributed by atoms with Crippen molar-refractivity contribution >= 4 is 0 Å². The van der Waals surface area contributed by atoms with Gasteiger partial charge in [-0.25, -0.2) is 4.68 Å². The molecule has 0 aliphatic carbocycles. The van der Waals surface area contributed by atoms with E-state index in [1.54, 1.807) is 30.3 Å². The fourth-order valence-electron chi connectivity index (χ4n) is 2.04. The van der Waals surface area contributed by atoms with Gasteiger partial charge >= 0.3 is 6.18 Å². The second-order valence-electron chi connectivity index (χ2n) is 4.86. The molecule has 0 amide bonds. The lowest BCUT2D eigenvalue weighted by molar-refractivity contribution is -0.143. The summed E-state index contributed by atoms with van der Waals surface area (Å²) in [7, 11) is 0. The van der Waals surface area contributed by atoms with Crippen LogP contribution in [0.3, 0.4) is 0 Å². The number of nitrogens with zero attached hydrogens (tertiary/aromatic N) is 2. The zero-order valence-electron chi connectivity index (χ0n) is 10.8. The van der Waals surface area contributed by atoms with E-state index >= 15 is 0 Å². The van der Waals surface area contributed by atoms with Gasteiger partial charge in [0, 0.05) is 5.56 Å². The molecule has 5 heteroatoms. The van der Waals surface area contributed by atoms with Crippen LogP contribution in [0.1, 0.15) is 25.1 Å². The zero-order chi connectivity index (χ0) is 14.0. The van der Waals surface area contributed by atoms with Crippen molar-refractivity contribution in [2.24, 2.45) is 5.92 Å². The van der Waals surface area contributed by atoms with E-state index in [1.165, 1.54) is 6.20 Å². The van der Waals surface area contributed by atoms with Gasteiger partial charge in [0.05, 0.1) is 11.9 Å². The normalized spacial score (nSPS) is 12.1. The first-order valence-electron chi connectivity index (χ1n) is 6.09. The Labute approximate surface area is 109 Å². The third kappa shape index (κ3) is 2.97. The molecule has 0 N–H and O–H groups in total. The molecule has 102 valence electrons. The van der Waals surface area contributed by atoms with Crippen LogP contribution in [0.15, 0.2) is 36.5 Å². The summed E-state index contributed by atoms with van der Waals surface area (Å²) in [5.41, 5.74) is -0.0106. The monoisotopic (exact) mass is 268 g/mol. The molecule has 1 heterocycles. The molecule has 0 bridgehead atoms. The fourth-order valence-corrected chi connectivity index (χ4v) is 2.04. The minimum atomic E-state index is -4.41. The molecule has 2 aromatic rings. The number of hydrogen-bond donors (Lipinski definition) is 0. The Balaban J connectivity index is 2.54. The minimum Gasteiger partial charge on any atom is -0.228 e. The zero-order valence-corrected chi connectivity index (χ0v) is 10.8. The predicted molar refractivity (Wildman–Crippen MR) is 67.1 cm³/mol. The molecule has 0 saturated heterocycles. The van der Waals surface area contributed by atoms with E-state index < -0.39 is 11.9 Å². The average molecular weight is 268 g/mol. The second kappa shape index (κ2) is 5.07. The van der Waals surface area contributed by atoms with Gasteiger partial charge in [-0.05, 0) is 24.5 Å². The molecule has 0 fully saturated rings. The lowest BCUT2D eigenvalue weighted by Gasteiger charge is -2.13. The summed E-state index contributed by atoms with van der Waals surface area (Å²) in [6, 6.07) is 8.37. The Morgan fingerprint density at radius 1 is 1.16 bits per heavy atom. The van der Waals surface area contributed by atoms with E-state index in [2.05, 4.69) is 5.10 Å². The highest BCUT2D eigenvalue weighted by Crippen LogP contribution is 2.34. The van der Waals surface area contributed by atoms with Gasteiger partial charge in [0.25, 0.3) is 0 Å². The summed E-state index contributed by atoms with van der Waals surface area (Å²) in [6.07, 6.45) is -2.73. The summed E-state index contributed by atoms with van der Waals surface area (Å²) in [5, 5.41) is 3.90. The van der Waals surface area contributed by atoms with Crippen molar-refractivity contribution in [3.8, 4) is 5.69 Å². The number of aromatic nitrogens is 2. The first kappa shape index (κ1) is 13.6. The van der Waals surface area contributed by atoms with Crippen molar-refractivity contribution in [1.29, 1.82) is 0 Å². The Bertz CT molecular complexity index is 542. The quantitative estimate of drug-likeness (QED) is 0.819. The molecular weight excluding hydrogens is 253 g/mol. The molecule has 0 atom stereocenters. The largest absolute Gasteiger partial charge is 0.433 e. The van der Waals surface area contributed by atoms with Crippen LogP contribution in [-0.2, 0) is 12.6 Å². The van der Waals surface area contributed by atoms with Crippen molar-refractivity contribution < 1.29 is 13.2 Å². The molecule has 0 radical (unpaired) electrons. The molecule has 2 nitrogen and oxygen atoms in total. The van der Waals surface area contributed by atoms with Crippen molar-refractivity contribution in [1.82, 2.24) is 9.78 Å². The highest BCUT2D eigenvalue weighted by Gasteiger charge is 2.38. The third-order valence-electron chi connectivity index (χ3n) is 2.74. The summed E-state index contributed by atoms with van der Waals surface area (Å²) < 4.78 is 40.6. The Hall–Kier alpha value is -1.78. The van der Waals surface area contributed by atoms with Crippen molar-refractivity contribution in [3.63, 3.8) is 0 Å². The van der Waals surface area contributed by atoms with Gasteiger partial charge in [-0.2, -0.15) is 18.3 Å². The molecule has 1 aromatic carbocycles. The summed E-state index contributed by atoms with van der Waals surface area (Å²) in [4.78, 5) is 0. The summed E-state index contributed by atoms with van der Waals surface area (Å²) in [5.74, 6) is 0.148. The van der Waals surface area contributed by atoms with E-state index in [1.807, 2.05) is 13.8 Å². The molecule has 0 aliphatic heterocycles. The van der Waals surface area contributed by atoms with Crippen LogP contribution in [0.2, 0.25) is 0 Å². The van der Waals surface area contributed by atoms with Gasteiger partial charge in [0.1, 0.15) is 0 Å². The van der Waals surface area contributed by atoms with Gasteiger partial charge in [0.15, 0.2) is 5.69 Å². The Morgan fingerprint density at radius 2 is 1.79 bits per heavy atom. The van der Waals surface area contributed by atoms with Crippen LogP contribution in [0, 0.1) is 5.92 Å². The van der Waals surface area contributed by atoms with E-state index in [9.17, 15) is 13.2 Å². The maximum absolute atomic E-state index is 13.2. The standard InChI is InChI=1S/C14H15F3N2/c1-10(2)8-11-9-18-19(13(11)14(15,16)17)12-6-4-3-5-7-12/h3-7,9-10H,8H2,1-2H3. The Kier molecular flexibility index (Phi) is 3.64. The second-order valence-corrected chi connectivity index (χ2v) is 4.86. The van der Waals surface area contributed by atoms with Crippen LogP contribution in [0.5, 0.6) is 0 Å². The first-order valence-corrected chi connectivity index (χ1v) is 6.09. The van der Waals surface area contributed by atoms with Gasteiger partial charge in [0.2, 0.25) is 0 Å². The first-order chi connectivity index (χ1) is 8.89. The van der Waals surface area contributed by atoms with Crippen LogP contribution in [-0.4, -0.2) is 9.78 Å². The van der Waals surface area contributed by atoms with Crippen LogP contribution in [0.4, 0.5) is 13.2 Å². The van der Waals surface area contributed by atoms with Crippen molar-refractivity contribution in [2.75, 3.05) is 0 Å². The van der Waals surface area contributed by atoms with Crippen LogP contribution < -0.4 is 0 Å². The van der Waals surface area contributed by atoms with Crippen molar-refractivity contribution in [2.45, 2.75) is 26.4 Å². The van der Waals surface area contributed by atoms with Crippen LogP contribution >= 0.6 is 0 Å². The molecule has 0 saturated carbocycles. The van der Waals surface area contributed by atoms with E-state index in [0.29, 0.717) is 12.1 Å². The predicted octanol–water partition coefficient (Wildman–Crippen LogP) is 4.09. The minimum absolute atomic E-state index is 0.148. The van der Waals surface area contributed by atoms with Gasteiger partial charge in [-0.15, -0.1) is 0 Å². The third-order valence-corrected chi connectivity index (χ3v) is 2.74. The number of rotatable bonds is 3. The van der Waals surface area contributed by atoms with Crippen molar-refractivity contribution in [3.05, 3.63) is 47.8 Å². The molecule has 0 unspecified atom stereocenters.